The van der Waals surface area contributed by atoms with Crippen LogP contribution >= 0.6 is 11.3 Å². The molecule has 0 saturated carbocycles. The van der Waals surface area contributed by atoms with Gasteiger partial charge in [-0.1, -0.05) is 0 Å². The third-order valence-corrected chi connectivity index (χ3v) is 3.48. The Morgan fingerprint density at radius 1 is 1.50 bits per heavy atom. The zero-order valence-corrected chi connectivity index (χ0v) is 10.7. The maximum Gasteiger partial charge on any atom is 0.250 e. The van der Waals surface area contributed by atoms with Gasteiger partial charge in [-0.3, -0.25) is 4.79 Å². The number of rotatable bonds is 4. The number of carbonyl (C=O) groups excluding carboxylic acids is 1. The van der Waals surface area contributed by atoms with Gasteiger partial charge in [0.15, 0.2) is 0 Å². The van der Waals surface area contributed by atoms with Crippen molar-refractivity contribution < 1.29 is 4.79 Å². The van der Waals surface area contributed by atoms with Crippen molar-refractivity contribution in [2.45, 2.75) is 13.0 Å². The van der Waals surface area contributed by atoms with Gasteiger partial charge in [0.25, 0.3) is 5.91 Å². The third kappa shape index (κ3) is 2.60. The zero-order valence-electron chi connectivity index (χ0n) is 9.88. The minimum atomic E-state index is -0.530. The van der Waals surface area contributed by atoms with Gasteiger partial charge in [-0.2, -0.15) is 0 Å². The molecule has 0 saturated heterocycles. The van der Waals surface area contributed by atoms with Crippen LogP contribution in [0.5, 0.6) is 0 Å². The van der Waals surface area contributed by atoms with Crippen LogP contribution in [0.2, 0.25) is 0 Å². The first-order chi connectivity index (χ1) is 8.58. The lowest BCUT2D eigenvalue weighted by Gasteiger charge is -2.14. The van der Waals surface area contributed by atoms with E-state index in [-0.39, 0.29) is 6.04 Å². The average molecular weight is 262 g/mol. The van der Waals surface area contributed by atoms with Crippen LogP contribution in [0, 0.1) is 0 Å². The number of nitrogens with zero attached hydrogens (tertiary/aromatic N) is 1. The third-order valence-electron chi connectivity index (χ3n) is 2.52. The molecule has 0 aliphatic carbocycles. The predicted molar refractivity (Wildman–Crippen MR) is 73.5 cm³/mol. The summed E-state index contributed by atoms with van der Waals surface area (Å²) in [7, 11) is 0. The summed E-state index contributed by atoms with van der Waals surface area (Å²) in [5, 5.41) is 6.15. The van der Waals surface area contributed by atoms with E-state index in [1.165, 1.54) is 0 Å². The van der Waals surface area contributed by atoms with Crippen LogP contribution in [0.3, 0.4) is 0 Å². The van der Waals surface area contributed by atoms with Gasteiger partial charge in [-0.05, 0) is 25.1 Å². The molecule has 5 nitrogen and oxygen atoms in total. The van der Waals surface area contributed by atoms with Crippen LogP contribution in [-0.2, 0) is 0 Å². The Morgan fingerprint density at radius 2 is 2.28 bits per heavy atom. The molecule has 1 unspecified atom stereocenters. The smallest absolute Gasteiger partial charge is 0.250 e. The van der Waals surface area contributed by atoms with Crippen molar-refractivity contribution >= 4 is 28.6 Å². The topological polar surface area (TPSA) is 94.0 Å². The number of anilines is 2. The number of aromatic nitrogens is 1. The van der Waals surface area contributed by atoms with E-state index in [2.05, 4.69) is 10.3 Å². The van der Waals surface area contributed by atoms with E-state index < -0.39 is 5.91 Å². The molecule has 0 aliphatic rings. The number of hydrogen-bond acceptors (Lipinski definition) is 5. The number of nitrogens with two attached hydrogens (primary N) is 2. The molecule has 0 aliphatic heterocycles. The maximum absolute atomic E-state index is 11.2. The number of nitrogens with one attached hydrogen (secondary N) is 1. The minimum Gasteiger partial charge on any atom is -0.398 e. The second kappa shape index (κ2) is 5.05. The largest absolute Gasteiger partial charge is 0.398 e. The van der Waals surface area contributed by atoms with Gasteiger partial charge in [-0.15, -0.1) is 11.3 Å². The standard InChI is InChI=1S/C12H14N4OS/c1-7(12-15-4-5-18-12)16-8-2-3-10(13)9(6-8)11(14)17/h2-7,16H,13H2,1H3,(H2,14,17). The van der Waals surface area contributed by atoms with Crippen LogP contribution in [0.1, 0.15) is 28.3 Å². The Bertz CT molecular complexity index is 553. The van der Waals surface area contributed by atoms with Gasteiger partial charge < -0.3 is 16.8 Å². The molecule has 1 amide bonds. The molecule has 2 aromatic rings. The van der Waals surface area contributed by atoms with E-state index in [4.69, 9.17) is 11.5 Å². The fraction of sp³-hybridized carbons (Fsp3) is 0.167. The van der Waals surface area contributed by atoms with Crippen molar-refractivity contribution in [3.05, 3.63) is 40.3 Å². The van der Waals surface area contributed by atoms with Gasteiger partial charge in [-0.25, -0.2) is 4.98 Å². The molecule has 0 radical (unpaired) electrons. The Morgan fingerprint density at radius 3 is 2.89 bits per heavy atom. The van der Waals surface area contributed by atoms with Crippen molar-refractivity contribution in [1.29, 1.82) is 0 Å². The van der Waals surface area contributed by atoms with Crippen LogP contribution in [-0.4, -0.2) is 10.9 Å². The Hall–Kier alpha value is -2.08. The molecular formula is C12H14N4OS. The summed E-state index contributed by atoms with van der Waals surface area (Å²) in [5.74, 6) is -0.530. The van der Waals surface area contributed by atoms with E-state index >= 15 is 0 Å². The number of carbonyl (C=O) groups is 1. The second-order valence-corrected chi connectivity index (χ2v) is 4.83. The molecule has 1 aromatic carbocycles. The van der Waals surface area contributed by atoms with Gasteiger partial charge in [0.2, 0.25) is 0 Å². The number of thiazole rings is 1. The Balaban J connectivity index is 2.20. The summed E-state index contributed by atoms with van der Waals surface area (Å²) < 4.78 is 0. The van der Waals surface area contributed by atoms with Crippen LogP contribution in [0.4, 0.5) is 11.4 Å². The lowest BCUT2D eigenvalue weighted by Crippen LogP contribution is -2.14. The second-order valence-electron chi connectivity index (χ2n) is 3.90. The average Bonchev–Trinajstić information content (AvgIpc) is 2.85. The number of benzene rings is 1. The molecule has 5 N–H and O–H groups in total. The highest BCUT2D eigenvalue weighted by Gasteiger charge is 2.10. The van der Waals surface area contributed by atoms with E-state index in [0.29, 0.717) is 11.3 Å². The van der Waals surface area contributed by atoms with E-state index in [1.807, 2.05) is 18.4 Å². The summed E-state index contributed by atoms with van der Waals surface area (Å²) in [6.07, 6.45) is 1.76. The Kier molecular flexibility index (Phi) is 3.47. The minimum absolute atomic E-state index is 0.0642. The lowest BCUT2D eigenvalue weighted by atomic mass is 10.1. The molecule has 94 valence electrons. The van der Waals surface area contributed by atoms with E-state index in [0.717, 1.165) is 10.7 Å². The summed E-state index contributed by atoms with van der Waals surface area (Å²) in [6.45, 7) is 2.00. The van der Waals surface area contributed by atoms with Crippen molar-refractivity contribution in [3.8, 4) is 0 Å². The van der Waals surface area contributed by atoms with Crippen molar-refractivity contribution in [2.75, 3.05) is 11.1 Å². The number of primary amides is 1. The first-order valence-corrected chi connectivity index (χ1v) is 6.31. The fourth-order valence-corrected chi connectivity index (χ4v) is 2.27. The molecule has 1 aromatic heterocycles. The molecule has 6 heteroatoms. The van der Waals surface area contributed by atoms with Crippen molar-refractivity contribution in [3.63, 3.8) is 0 Å². The van der Waals surface area contributed by atoms with Crippen molar-refractivity contribution in [1.82, 2.24) is 4.98 Å². The van der Waals surface area contributed by atoms with Crippen molar-refractivity contribution in [2.24, 2.45) is 5.73 Å². The van der Waals surface area contributed by atoms with Gasteiger partial charge in [0.05, 0.1) is 11.6 Å². The van der Waals surface area contributed by atoms with Gasteiger partial charge in [0, 0.05) is 23.0 Å². The molecule has 0 fully saturated rings. The van der Waals surface area contributed by atoms with Crippen LogP contribution in [0.15, 0.2) is 29.8 Å². The Labute approximate surface area is 109 Å². The molecular weight excluding hydrogens is 248 g/mol. The number of hydrogen-bond donors (Lipinski definition) is 3. The lowest BCUT2D eigenvalue weighted by molar-refractivity contribution is 0.100. The van der Waals surface area contributed by atoms with E-state index in [9.17, 15) is 4.79 Å². The molecule has 18 heavy (non-hydrogen) atoms. The summed E-state index contributed by atoms with van der Waals surface area (Å²) in [6, 6.07) is 5.19. The maximum atomic E-state index is 11.2. The molecule has 0 spiro atoms. The molecule has 2 rings (SSSR count). The van der Waals surface area contributed by atoms with E-state index in [1.54, 1.807) is 29.7 Å². The zero-order chi connectivity index (χ0) is 13.1. The molecule has 0 bridgehead atoms. The first-order valence-electron chi connectivity index (χ1n) is 5.43. The number of amides is 1. The monoisotopic (exact) mass is 262 g/mol. The van der Waals surface area contributed by atoms with Crippen LogP contribution < -0.4 is 16.8 Å². The van der Waals surface area contributed by atoms with Gasteiger partial charge in [0.1, 0.15) is 5.01 Å². The first kappa shape index (κ1) is 12.4. The summed E-state index contributed by atoms with van der Waals surface area (Å²) >= 11 is 1.57. The predicted octanol–water partition coefficient (Wildman–Crippen LogP) is 2.00. The number of nitrogen functional groups attached to an aromatic ring is 1. The highest BCUT2D eigenvalue weighted by molar-refractivity contribution is 7.09. The molecule has 1 heterocycles. The fourth-order valence-electron chi connectivity index (χ4n) is 1.62. The quantitative estimate of drug-likeness (QED) is 0.734. The highest BCUT2D eigenvalue weighted by atomic mass is 32.1. The summed E-state index contributed by atoms with van der Waals surface area (Å²) in [5.41, 5.74) is 12.4. The highest BCUT2D eigenvalue weighted by Crippen LogP contribution is 2.23. The van der Waals surface area contributed by atoms with Crippen LogP contribution in [0.25, 0.3) is 0 Å². The molecule has 1 atom stereocenters. The summed E-state index contributed by atoms with van der Waals surface area (Å²) in [4.78, 5) is 15.4. The van der Waals surface area contributed by atoms with Gasteiger partial charge >= 0.3 is 0 Å². The normalized spacial score (nSPS) is 12.1. The SMILES string of the molecule is CC(Nc1ccc(N)c(C(N)=O)c1)c1nccs1.